The van der Waals surface area contributed by atoms with Crippen molar-refractivity contribution in [1.82, 2.24) is 4.90 Å². The predicted molar refractivity (Wildman–Crippen MR) is 103 cm³/mol. The predicted octanol–water partition coefficient (Wildman–Crippen LogP) is 3.25. The number of anilines is 1. The third-order valence-electron chi connectivity index (χ3n) is 5.26. The molecule has 1 unspecified atom stereocenters. The maximum absolute atomic E-state index is 12.3. The number of piperazine rings is 1. The van der Waals surface area contributed by atoms with Crippen molar-refractivity contribution < 1.29 is 14.6 Å². The van der Waals surface area contributed by atoms with Crippen molar-refractivity contribution in [1.29, 1.82) is 0 Å². The van der Waals surface area contributed by atoms with Gasteiger partial charge in [0.1, 0.15) is 5.75 Å². The molecular weight excluding hydrogens is 328 g/mol. The number of benzene rings is 2. The Balaban J connectivity index is 1.85. The highest BCUT2D eigenvalue weighted by atomic mass is 16.5. The number of aliphatic carboxylic acids is 1. The Kier molecular flexibility index (Phi) is 5.47. The fourth-order valence-corrected chi connectivity index (χ4v) is 3.74. The van der Waals surface area contributed by atoms with E-state index in [9.17, 15) is 9.90 Å². The smallest absolute Gasteiger partial charge is 0.330 e. The SMILES string of the molecule is CCC1(C(=O)O)CN(Cc2ccccc2)CCN1c1ccc(OC)cc1. The summed E-state index contributed by atoms with van der Waals surface area (Å²) in [7, 11) is 1.63. The highest BCUT2D eigenvalue weighted by molar-refractivity contribution is 5.84. The second-order valence-corrected chi connectivity index (χ2v) is 6.74. The highest BCUT2D eigenvalue weighted by Crippen LogP contribution is 2.33. The lowest BCUT2D eigenvalue weighted by Crippen LogP contribution is -2.66. The Bertz CT molecular complexity index is 733. The lowest BCUT2D eigenvalue weighted by molar-refractivity contribution is -0.145. The summed E-state index contributed by atoms with van der Waals surface area (Å²) in [6.07, 6.45) is 0.541. The molecule has 0 spiro atoms. The molecule has 1 atom stereocenters. The van der Waals surface area contributed by atoms with Crippen LogP contribution in [0.15, 0.2) is 54.6 Å². The molecule has 1 fully saturated rings. The summed E-state index contributed by atoms with van der Waals surface area (Å²) in [6, 6.07) is 17.9. The maximum atomic E-state index is 12.3. The molecule has 2 aromatic carbocycles. The van der Waals surface area contributed by atoms with Crippen LogP contribution in [-0.2, 0) is 11.3 Å². The van der Waals surface area contributed by atoms with Crippen molar-refractivity contribution in [2.75, 3.05) is 31.6 Å². The number of methoxy groups -OCH3 is 1. The standard InChI is InChI=1S/C21H26N2O3/c1-3-21(20(24)25)16-22(15-17-7-5-4-6-8-17)13-14-23(21)18-9-11-19(26-2)12-10-18/h4-12H,3,13-16H2,1-2H3,(H,24,25). The van der Waals surface area contributed by atoms with E-state index in [4.69, 9.17) is 4.74 Å². The first-order chi connectivity index (χ1) is 12.6. The minimum absolute atomic E-state index is 0.500. The lowest BCUT2D eigenvalue weighted by Gasteiger charge is -2.49. The molecule has 0 amide bonds. The van der Waals surface area contributed by atoms with Gasteiger partial charge < -0.3 is 14.7 Å². The second-order valence-electron chi connectivity index (χ2n) is 6.74. The normalized spacial score (nSPS) is 20.8. The van der Waals surface area contributed by atoms with E-state index < -0.39 is 11.5 Å². The molecule has 1 heterocycles. The first-order valence-corrected chi connectivity index (χ1v) is 9.00. The topological polar surface area (TPSA) is 53.0 Å². The number of rotatable bonds is 6. The molecule has 1 aliphatic heterocycles. The Morgan fingerprint density at radius 1 is 1.12 bits per heavy atom. The second kappa shape index (κ2) is 7.79. The van der Waals surface area contributed by atoms with Crippen LogP contribution in [0.5, 0.6) is 5.75 Å². The third-order valence-corrected chi connectivity index (χ3v) is 5.26. The van der Waals surface area contributed by atoms with Gasteiger partial charge in [0, 0.05) is 31.9 Å². The zero-order chi connectivity index (χ0) is 18.6. The van der Waals surface area contributed by atoms with Gasteiger partial charge in [0.15, 0.2) is 5.54 Å². The zero-order valence-electron chi connectivity index (χ0n) is 15.4. The number of hydrogen-bond donors (Lipinski definition) is 1. The van der Waals surface area contributed by atoms with Gasteiger partial charge in [-0.2, -0.15) is 0 Å². The van der Waals surface area contributed by atoms with Gasteiger partial charge in [0.2, 0.25) is 0 Å². The summed E-state index contributed by atoms with van der Waals surface area (Å²) in [5.41, 5.74) is 1.21. The van der Waals surface area contributed by atoms with E-state index in [1.54, 1.807) is 7.11 Å². The summed E-state index contributed by atoms with van der Waals surface area (Å²) in [5, 5.41) is 10.1. The number of carboxylic acids is 1. The minimum Gasteiger partial charge on any atom is -0.497 e. The van der Waals surface area contributed by atoms with Crippen LogP contribution in [-0.4, -0.2) is 48.3 Å². The van der Waals surface area contributed by atoms with Crippen LogP contribution >= 0.6 is 0 Å². The molecule has 5 heteroatoms. The van der Waals surface area contributed by atoms with Crippen LogP contribution in [0.4, 0.5) is 5.69 Å². The van der Waals surface area contributed by atoms with Gasteiger partial charge in [-0.25, -0.2) is 4.79 Å². The molecule has 1 aliphatic rings. The average Bonchev–Trinajstić information content (AvgIpc) is 2.68. The molecule has 2 aromatic rings. The van der Waals surface area contributed by atoms with Crippen LogP contribution in [0.25, 0.3) is 0 Å². The molecule has 0 saturated carbocycles. The fraction of sp³-hybridized carbons (Fsp3) is 0.381. The molecule has 0 aromatic heterocycles. The first-order valence-electron chi connectivity index (χ1n) is 9.00. The van der Waals surface area contributed by atoms with Crippen LogP contribution in [0.2, 0.25) is 0 Å². The number of ether oxygens (including phenoxy) is 1. The lowest BCUT2D eigenvalue weighted by atomic mass is 9.89. The van der Waals surface area contributed by atoms with Crippen molar-refractivity contribution in [2.45, 2.75) is 25.4 Å². The largest absolute Gasteiger partial charge is 0.497 e. The zero-order valence-corrected chi connectivity index (χ0v) is 15.4. The number of hydrogen-bond acceptors (Lipinski definition) is 4. The van der Waals surface area contributed by atoms with Crippen molar-refractivity contribution in [3.05, 3.63) is 60.2 Å². The highest BCUT2D eigenvalue weighted by Gasteiger charge is 2.47. The molecule has 1 saturated heterocycles. The van der Waals surface area contributed by atoms with E-state index in [0.29, 0.717) is 19.5 Å². The van der Waals surface area contributed by atoms with Crippen molar-refractivity contribution in [2.24, 2.45) is 0 Å². The van der Waals surface area contributed by atoms with Gasteiger partial charge >= 0.3 is 5.97 Å². The van der Waals surface area contributed by atoms with E-state index >= 15 is 0 Å². The van der Waals surface area contributed by atoms with Gasteiger partial charge in [-0.1, -0.05) is 37.3 Å². The molecule has 5 nitrogen and oxygen atoms in total. The van der Waals surface area contributed by atoms with Gasteiger partial charge in [-0.3, -0.25) is 4.90 Å². The Morgan fingerprint density at radius 2 is 1.81 bits per heavy atom. The number of nitrogens with zero attached hydrogens (tertiary/aromatic N) is 2. The fourth-order valence-electron chi connectivity index (χ4n) is 3.74. The average molecular weight is 354 g/mol. The molecule has 26 heavy (non-hydrogen) atoms. The molecule has 3 rings (SSSR count). The van der Waals surface area contributed by atoms with Crippen molar-refractivity contribution in [3.63, 3.8) is 0 Å². The van der Waals surface area contributed by atoms with Gasteiger partial charge in [-0.05, 0) is 36.2 Å². The molecule has 0 radical (unpaired) electrons. The maximum Gasteiger partial charge on any atom is 0.330 e. The van der Waals surface area contributed by atoms with E-state index in [2.05, 4.69) is 17.0 Å². The molecule has 0 bridgehead atoms. The first kappa shape index (κ1) is 18.3. The minimum atomic E-state index is -0.929. The number of carboxylic acid groups (broad SMARTS) is 1. The van der Waals surface area contributed by atoms with Crippen molar-refractivity contribution in [3.8, 4) is 5.75 Å². The van der Waals surface area contributed by atoms with Crippen LogP contribution in [0, 0.1) is 0 Å². The van der Waals surface area contributed by atoms with Gasteiger partial charge in [0.05, 0.1) is 7.11 Å². The van der Waals surface area contributed by atoms with Crippen LogP contribution in [0.1, 0.15) is 18.9 Å². The quantitative estimate of drug-likeness (QED) is 0.863. The summed E-state index contributed by atoms with van der Waals surface area (Å²) in [6.45, 7) is 4.73. The molecular formula is C21H26N2O3. The summed E-state index contributed by atoms with van der Waals surface area (Å²) in [4.78, 5) is 16.6. The Hall–Kier alpha value is -2.53. The molecule has 0 aliphatic carbocycles. The van der Waals surface area contributed by atoms with E-state index in [1.807, 2.05) is 54.3 Å². The van der Waals surface area contributed by atoms with Crippen LogP contribution < -0.4 is 9.64 Å². The number of carbonyl (C=O) groups is 1. The van der Waals surface area contributed by atoms with Crippen molar-refractivity contribution >= 4 is 11.7 Å². The molecule has 1 N–H and O–H groups in total. The Labute approximate surface area is 154 Å². The van der Waals surface area contributed by atoms with Crippen LogP contribution in [0.3, 0.4) is 0 Å². The summed E-state index contributed by atoms with van der Waals surface area (Å²) in [5.74, 6) is 0.00228. The monoisotopic (exact) mass is 354 g/mol. The van der Waals surface area contributed by atoms with E-state index in [1.165, 1.54) is 5.56 Å². The molecule has 138 valence electrons. The van der Waals surface area contributed by atoms with E-state index in [0.717, 1.165) is 24.5 Å². The Morgan fingerprint density at radius 3 is 2.38 bits per heavy atom. The van der Waals surface area contributed by atoms with Gasteiger partial charge in [-0.15, -0.1) is 0 Å². The summed E-state index contributed by atoms with van der Waals surface area (Å²) >= 11 is 0. The third kappa shape index (κ3) is 3.53. The summed E-state index contributed by atoms with van der Waals surface area (Å²) < 4.78 is 5.22. The van der Waals surface area contributed by atoms with Gasteiger partial charge in [0.25, 0.3) is 0 Å². The van der Waals surface area contributed by atoms with E-state index in [-0.39, 0.29) is 0 Å².